The van der Waals surface area contributed by atoms with E-state index in [1.807, 2.05) is 4.90 Å². The standard InChI is InChI=1S/C12H16N2O5/c1-18-12-6-9(2-3-11(12)14(16)17)13-4-5-19-8-10(13)7-15/h2-3,6,10,15H,4-5,7-8H2,1H3. The molecule has 1 saturated heterocycles. The van der Waals surface area contributed by atoms with Crippen LogP contribution in [0.25, 0.3) is 0 Å². The second-order valence-corrected chi connectivity index (χ2v) is 4.22. The van der Waals surface area contributed by atoms with Crippen molar-refractivity contribution in [1.29, 1.82) is 0 Å². The highest BCUT2D eigenvalue weighted by atomic mass is 16.6. The largest absolute Gasteiger partial charge is 0.490 e. The Morgan fingerprint density at radius 1 is 1.63 bits per heavy atom. The molecule has 0 spiro atoms. The minimum Gasteiger partial charge on any atom is -0.490 e. The van der Waals surface area contributed by atoms with E-state index in [9.17, 15) is 15.2 Å². The number of hydrogen-bond donors (Lipinski definition) is 1. The molecule has 0 radical (unpaired) electrons. The summed E-state index contributed by atoms with van der Waals surface area (Å²) in [4.78, 5) is 12.3. The second kappa shape index (κ2) is 5.85. The molecular formula is C12H16N2O5. The normalized spacial score (nSPS) is 19.3. The summed E-state index contributed by atoms with van der Waals surface area (Å²) in [6, 6.07) is 4.55. The van der Waals surface area contributed by atoms with E-state index in [4.69, 9.17) is 9.47 Å². The fourth-order valence-corrected chi connectivity index (χ4v) is 2.14. The van der Waals surface area contributed by atoms with Gasteiger partial charge in [-0.25, -0.2) is 0 Å². The lowest BCUT2D eigenvalue weighted by Gasteiger charge is -2.36. The average molecular weight is 268 g/mol. The third-order valence-corrected chi connectivity index (χ3v) is 3.13. The lowest BCUT2D eigenvalue weighted by atomic mass is 10.1. The summed E-state index contributed by atoms with van der Waals surface area (Å²) in [6.45, 7) is 1.61. The molecule has 1 aromatic rings. The van der Waals surface area contributed by atoms with Crippen LogP contribution in [-0.2, 0) is 4.74 Å². The summed E-state index contributed by atoms with van der Waals surface area (Å²) >= 11 is 0. The van der Waals surface area contributed by atoms with Crippen molar-refractivity contribution < 1.29 is 19.5 Å². The molecular weight excluding hydrogens is 252 g/mol. The topological polar surface area (TPSA) is 85.1 Å². The van der Waals surface area contributed by atoms with E-state index in [0.29, 0.717) is 19.8 Å². The quantitative estimate of drug-likeness (QED) is 0.642. The molecule has 104 valence electrons. The Balaban J connectivity index is 2.31. The lowest BCUT2D eigenvalue weighted by Crippen LogP contribution is -2.47. The van der Waals surface area contributed by atoms with E-state index in [-0.39, 0.29) is 24.1 Å². The van der Waals surface area contributed by atoms with E-state index in [2.05, 4.69) is 0 Å². The first-order chi connectivity index (χ1) is 9.17. The van der Waals surface area contributed by atoms with Crippen LogP contribution in [0.3, 0.4) is 0 Å². The number of morpholine rings is 1. The highest BCUT2D eigenvalue weighted by molar-refractivity contribution is 5.60. The van der Waals surface area contributed by atoms with Crippen molar-refractivity contribution in [3.8, 4) is 5.75 Å². The number of anilines is 1. The van der Waals surface area contributed by atoms with Crippen LogP contribution >= 0.6 is 0 Å². The van der Waals surface area contributed by atoms with Gasteiger partial charge in [0.2, 0.25) is 0 Å². The molecule has 1 heterocycles. The van der Waals surface area contributed by atoms with Gasteiger partial charge in [0.25, 0.3) is 0 Å². The number of aliphatic hydroxyl groups is 1. The van der Waals surface area contributed by atoms with Gasteiger partial charge in [0.05, 0.1) is 37.9 Å². The van der Waals surface area contributed by atoms with Gasteiger partial charge < -0.3 is 19.5 Å². The van der Waals surface area contributed by atoms with Crippen molar-refractivity contribution in [3.63, 3.8) is 0 Å². The molecule has 0 aromatic heterocycles. The van der Waals surface area contributed by atoms with Crippen molar-refractivity contribution >= 4 is 11.4 Å². The Morgan fingerprint density at radius 2 is 2.42 bits per heavy atom. The second-order valence-electron chi connectivity index (χ2n) is 4.22. The molecule has 7 nitrogen and oxygen atoms in total. The molecule has 0 bridgehead atoms. The van der Waals surface area contributed by atoms with Gasteiger partial charge >= 0.3 is 5.69 Å². The Labute approximate surface area is 110 Å². The maximum absolute atomic E-state index is 10.8. The van der Waals surface area contributed by atoms with Gasteiger partial charge in [-0.1, -0.05) is 0 Å². The fraction of sp³-hybridized carbons (Fsp3) is 0.500. The minimum absolute atomic E-state index is 0.0285. The number of hydrogen-bond acceptors (Lipinski definition) is 6. The van der Waals surface area contributed by atoms with Crippen LogP contribution in [0.2, 0.25) is 0 Å². The van der Waals surface area contributed by atoms with Crippen LogP contribution in [0.1, 0.15) is 0 Å². The van der Waals surface area contributed by atoms with Crippen molar-refractivity contribution in [2.75, 3.05) is 38.4 Å². The van der Waals surface area contributed by atoms with E-state index >= 15 is 0 Å². The van der Waals surface area contributed by atoms with Crippen LogP contribution in [0, 0.1) is 10.1 Å². The van der Waals surface area contributed by atoms with Gasteiger partial charge in [-0.3, -0.25) is 10.1 Å². The Hall–Kier alpha value is -1.86. The average Bonchev–Trinajstić information content (AvgIpc) is 2.46. The molecule has 1 aliphatic heterocycles. The van der Waals surface area contributed by atoms with Crippen molar-refractivity contribution in [3.05, 3.63) is 28.3 Å². The zero-order valence-electron chi connectivity index (χ0n) is 10.6. The first-order valence-electron chi connectivity index (χ1n) is 5.95. The van der Waals surface area contributed by atoms with Crippen molar-refractivity contribution in [1.82, 2.24) is 0 Å². The van der Waals surface area contributed by atoms with Crippen LogP contribution < -0.4 is 9.64 Å². The smallest absolute Gasteiger partial charge is 0.311 e. The number of rotatable bonds is 4. The summed E-state index contributed by atoms with van der Waals surface area (Å²) in [7, 11) is 1.40. The summed E-state index contributed by atoms with van der Waals surface area (Å²) < 4.78 is 10.3. The van der Waals surface area contributed by atoms with Crippen molar-refractivity contribution in [2.24, 2.45) is 0 Å². The number of nitrogens with zero attached hydrogens (tertiary/aromatic N) is 2. The number of aliphatic hydroxyl groups excluding tert-OH is 1. The van der Waals surface area contributed by atoms with E-state index in [1.54, 1.807) is 12.1 Å². The molecule has 0 saturated carbocycles. The molecule has 1 N–H and O–H groups in total. The molecule has 0 aliphatic carbocycles. The molecule has 1 fully saturated rings. The third kappa shape index (κ3) is 2.77. The van der Waals surface area contributed by atoms with E-state index < -0.39 is 4.92 Å². The molecule has 1 aromatic carbocycles. The monoisotopic (exact) mass is 268 g/mol. The van der Waals surface area contributed by atoms with E-state index in [1.165, 1.54) is 13.2 Å². The number of ether oxygens (including phenoxy) is 2. The minimum atomic E-state index is -0.481. The van der Waals surface area contributed by atoms with Crippen LogP contribution in [0.5, 0.6) is 5.75 Å². The first-order valence-corrected chi connectivity index (χ1v) is 5.95. The molecule has 1 unspecified atom stereocenters. The highest BCUT2D eigenvalue weighted by Crippen LogP contribution is 2.32. The predicted octanol–water partition coefficient (Wildman–Crippen LogP) is 0.801. The molecule has 7 heteroatoms. The fourth-order valence-electron chi connectivity index (χ4n) is 2.14. The molecule has 2 rings (SSSR count). The Kier molecular flexibility index (Phi) is 4.18. The molecule has 0 amide bonds. The number of methoxy groups -OCH3 is 1. The maximum atomic E-state index is 10.8. The number of nitro benzene ring substituents is 1. The van der Waals surface area contributed by atoms with Gasteiger partial charge in [0, 0.05) is 24.4 Å². The highest BCUT2D eigenvalue weighted by Gasteiger charge is 2.24. The molecule has 19 heavy (non-hydrogen) atoms. The Morgan fingerprint density at radius 3 is 3.05 bits per heavy atom. The molecule has 1 aliphatic rings. The van der Waals surface area contributed by atoms with Crippen LogP contribution in [0.4, 0.5) is 11.4 Å². The van der Waals surface area contributed by atoms with Gasteiger partial charge in [-0.15, -0.1) is 0 Å². The number of nitro groups is 1. The van der Waals surface area contributed by atoms with Gasteiger partial charge in [-0.05, 0) is 6.07 Å². The van der Waals surface area contributed by atoms with Crippen molar-refractivity contribution in [2.45, 2.75) is 6.04 Å². The SMILES string of the molecule is COc1cc(N2CCOCC2CO)ccc1[N+](=O)[O-]. The Bertz CT molecular complexity index is 465. The molecule has 1 atom stereocenters. The van der Waals surface area contributed by atoms with Crippen LogP contribution in [0.15, 0.2) is 18.2 Å². The third-order valence-electron chi connectivity index (χ3n) is 3.13. The predicted molar refractivity (Wildman–Crippen MR) is 68.7 cm³/mol. The van der Waals surface area contributed by atoms with Gasteiger partial charge in [-0.2, -0.15) is 0 Å². The van der Waals surface area contributed by atoms with E-state index in [0.717, 1.165) is 5.69 Å². The van der Waals surface area contributed by atoms with Gasteiger partial charge in [0.1, 0.15) is 0 Å². The van der Waals surface area contributed by atoms with Crippen LogP contribution in [-0.4, -0.2) is 49.5 Å². The summed E-state index contributed by atoms with van der Waals surface area (Å²) in [5.41, 5.74) is 0.713. The zero-order valence-corrected chi connectivity index (χ0v) is 10.6. The van der Waals surface area contributed by atoms with Gasteiger partial charge in [0.15, 0.2) is 5.75 Å². The maximum Gasteiger partial charge on any atom is 0.311 e. The zero-order chi connectivity index (χ0) is 13.8. The summed E-state index contributed by atoms with van der Waals surface area (Å²) in [6.07, 6.45) is 0. The summed E-state index contributed by atoms with van der Waals surface area (Å²) in [5, 5.41) is 20.2. The number of benzene rings is 1. The lowest BCUT2D eigenvalue weighted by molar-refractivity contribution is -0.385. The summed E-state index contributed by atoms with van der Waals surface area (Å²) in [5.74, 6) is 0.214. The first kappa shape index (κ1) is 13.6.